The molecule has 1 fully saturated rings. The summed E-state index contributed by atoms with van der Waals surface area (Å²) in [6.07, 6.45) is 0. The van der Waals surface area contributed by atoms with E-state index in [1.54, 1.807) is 12.1 Å². The predicted octanol–water partition coefficient (Wildman–Crippen LogP) is 2.30. The molecule has 1 N–H and O–H groups in total. The topological polar surface area (TPSA) is 84.7 Å². The normalized spacial score (nSPS) is 17.1. The Morgan fingerprint density at radius 1 is 1.36 bits per heavy atom. The molecule has 7 nitrogen and oxygen atoms in total. The molecule has 138 valence electrons. The van der Waals surface area contributed by atoms with E-state index in [2.05, 4.69) is 24.1 Å². The summed E-state index contributed by atoms with van der Waals surface area (Å²) in [5.41, 5.74) is -0.0781. The molecule has 1 atom stereocenters. The lowest BCUT2D eigenvalue weighted by Crippen LogP contribution is -2.55. The highest BCUT2D eigenvalue weighted by Crippen LogP contribution is 2.25. The Labute approximate surface area is 152 Å². The fourth-order valence-corrected chi connectivity index (χ4v) is 3.52. The lowest BCUT2D eigenvalue weighted by atomic mass is 10.0. The monoisotopic (exact) mass is 367 g/mol. The van der Waals surface area contributed by atoms with Crippen LogP contribution in [0.15, 0.2) is 29.2 Å². The van der Waals surface area contributed by atoms with Gasteiger partial charge in [-0.1, -0.05) is 0 Å². The molecule has 0 spiro atoms. The standard InChI is InChI=1S/C17H25N3O4S/c1-13(25-15-6-4-14(5-7-15)20(22)23)16(21)18-12-17(2,3)19-8-10-24-11-9-19/h4-7,13H,8-12H2,1-3H3,(H,18,21). The molecule has 0 aliphatic carbocycles. The Hall–Kier alpha value is -1.64. The molecule has 2 rings (SSSR count). The number of hydrogen-bond acceptors (Lipinski definition) is 6. The first-order valence-electron chi connectivity index (χ1n) is 8.31. The molecule has 1 aromatic rings. The maximum absolute atomic E-state index is 12.4. The number of carbonyl (C=O) groups is 1. The number of amides is 1. The van der Waals surface area contributed by atoms with Crippen LogP contribution in [0.25, 0.3) is 0 Å². The number of nitrogens with zero attached hydrogens (tertiary/aromatic N) is 2. The smallest absolute Gasteiger partial charge is 0.269 e. The second-order valence-electron chi connectivity index (χ2n) is 6.64. The van der Waals surface area contributed by atoms with Crippen LogP contribution in [0.3, 0.4) is 0 Å². The van der Waals surface area contributed by atoms with Crippen LogP contribution in [0.1, 0.15) is 20.8 Å². The predicted molar refractivity (Wildman–Crippen MR) is 97.9 cm³/mol. The van der Waals surface area contributed by atoms with Crippen molar-refractivity contribution < 1.29 is 14.5 Å². The molecule has 0 radical (unpaired) electrons. The summed E-state index contributed by atoms with van der Waals surface area (Å²) in [6, 6.07) is 6.25. The largest absolute Gasteiger partial charge is 0.379 e. The van der Waals surface area contributed by atoms with E-state index in [9.17, 15) is 14.9 Å². The zero-order chi connectivity index (χ0) is 18.4. The molecule has 0 aromatic heterocycles. The third-order valence-electron chi connectivity index (χ3n) is 4.29. The lowest BCUT2D eigenvalue weighted by molar-refractivity contribution is -0.384. The number of nitrogens with one attached hydrogen (secondary N) is 1. The number of benzene rings is 1. The van der Waals surface area contributed by atoms with Crippen LogP contribution < -0.4 is 5.32 Å². The third-order valence-corrected chi connectivity index (χ3v) is 5.40. The number of ether oxygens (including phenoxy) is 1. The van der Waals surface area contributed by atoms with E-state index in [0.717, 1.165) is 31.2 Å². The van der Waals surface area contributed by atoms with Crippen molar-refractivity contribution in [2.75, 3.05) is 32.8 Å². The van der Waals surface area contributed by atoms with Crippen LogP contribution in [-0.4, -0.2) is 59.4 Å². The van der Waals surface area contributed by atoms with Crippen molar-refractivity contribution in [2.45, 2.75) is 36.5 Å². The Kier molecular flexibility index (Phi) is 6.80. The molecular formula is C17H25N3O4S. The second-order valence-corrected chi connectivity index (χ2v) is 8.05. The molecule has 0 bridgehead atoms. The molecule has 1 aliphatic heterocycles. The first-order chi connectivity index (χ1) is 11.8. The Morgan fingerprint density at radius 3 is 2.52 bits per heavy atom. The zero-order valence-electron chi connectivity index (χ0n) is 14.9. The Bertz CT molecular complexity index is 600. The number of rotatable bonds is 7. The van der Waals surface area contributed by atoms with Crippen LogP contribution in [0.4, 0.5) is 5.69 Å². The van der Waals surface area contributed by atoms with Gasteiger partial charge >= 0.3 is 0 Å². The van der Waals surface area contributed by atoms with E-state index in [0.29, 0.717) is 6.54 Å². The highest BCUT2D eigenvalue weighted by molar-refractivity contribution is 8.00. The minimum atomic E-state index is -0.432. The van der Waals surface area contributed by atoms with Gasteiger partial charge in [0.15, 0.2) is 0 Å². The molecule has 1 saturated heterocycles. The van der Waals surface area contributed by atoms with Crippen molar-refractivity contribution in [3.05, 3.63) is 34.4 Å². The molecule has 1 amide bonds. The molecule has 8 heteroatoms. The van der Waals surface area contributed by atoms with Gasteiger partial charge in [0.25, 0.3) is 5.69 Å². The molecule has 25 heavy (non-hydrogen) atoms. The van der Waals surface area contributed by atoms with E-state index in [1.807, 2.05) is 6.92 Å². The summed E-state index contributed by atoms with van der Waals surface area (Å²) in [6.45, 7) is 9.83. The van der Waals surface area contributed by atoms with Gasteiger partial charge in [-0.05, 0) is 32.9 Å². The molecule has 1 aliphatic rings. The average Bonchev–Trinajstić information content (AvgIpc) is 2.61. The van der Waals surface area contributed by atoms with E-state index in [-0.39, 0.29) is 22.4 Å². The van der Waals surface area contributed by atoms with Gasteiger partial charge in [-0.25, -0.2) is 0 Å². The van der Waals surface area contributed by atoms with Crippen molar-refractivity contribution in [3.63, 3.8) is 0 Å². The maximum Gasteiger partial charge on any atom is 0.269 e. The SMILES string of the molecule is CC(Sc1ccc([N+](=O)[O-])cc1)C(=O)NCC(C)(C)N1CCOCC1. The van der Waals surface area contributed by atoms with Crippen LogP contribution in [0.5, 0.6) is 0 Å². The summed E-state index contributed by atoms with van der Waals surface area (Å²) in [4.78, 5) is 25.8. The van der Waals surface area contributed by atoms with E-state index < -0.39 is 4.92 Å². The minimum Gasteiger partial charge on any atom is -0.379 e. The van der Waals surface area contributed by atoms with Gasteiger partial charge in [-0.3, -0.25) is 19.8 Å². The Balaban J connectivity index is 1.84. The second kappa shape index (κ2) is 8.64. The summed E-state index contributed by atoms with van der Waals surface area (Å²) in [5, 5.41) is 13.4. The van der Waals surface area contributed by atoms with Gasteiger partial charge < -0.3 is 10.1 Å². The minimum absolute atomic E-state index is 0.0373. The van der Waals surface area contributed by atoms with Crippen LogP contribution in [0, 0.1) is 10.1 Å². The summed E-state index contributed by atoms with van der Waals surface area (Å²) < 4.78 is 5.37. The number of nitro benzene ring substituents is 1. The van der Waals surface area contributed by atoms with Gasteiger partial charge in [-0.2, -0.15) is 0 Å². The highest BCUT2D eigenvalue weighted by atomic mass is 32.2. The molecule has 1 aromatic carbocycles. The number of thioether (sulfide) groups is 1. The number of non-ortho nitro benzene ring substituents is 1. The van der Waals surface area contributed by atoms with Crippen molar-refractivity contribution in [3.8, 4) is 0 Å². The first kappa shape index (κ1) is 19.7. The summed E-state index contributed by atoms with van der Waals surface area (Å²) in [5.74, 6) is -0.0373. The van der Waals surface area contributed by atoms with Gasteiger partial charge in [0.05, 0.1) is 23.4 Å². The van der Waals surface area contributed by atoms with Gasteiger partial charge in [0.2, 0.25) is 5.91 Å². The Morgan fingerprint density at radius 2 is 1.96 bits per heavy atom. The summed E-state index contributed by atoms with van der Waals surface area (Å²) >= 11 is 1.39. The number of nitro groups is 1. The van der Waals surface area contributed by atoms with E-state index >= 15 is 0 Å². The lowest BCUT2D eigenvalue weighted by Gasteiger charge is -2.41. The average molecular weight is 367 g/mol. The van der Waals surface area contributed by atoms with Crippen molar-refractivity contribution in [2.24, 2.45) is 0 Å². The fraction of sp³-hybridized carbons (Fsp3) is 0.588. The summed E-state index contributed by atoms with van der Waals surface area (Å²) in [7, 11) is 0. The maximum atomic E-state index is 12.4. The number of carbonyl (C=O) groups excluding carboxylic acids is 1. The van der Waals surface area contributed by atoms with E-state index in [1.165, 1.54) is 23.9 Å². The first-order valence-corrected chi connectivity index (χ1v) is 9.19. The quantitative estimate of drug-likeness (QED) is 0.452. The van der Waals surface area contributed by atoms with Gasteiger partial charge in [0, 0.05) is 42.2 Å². The number of hydrogen-bond donors (Lipinski definition) is 1. The van der Waals surface area contributed by atoms with Gasteiger partial charge in [-0.15, -0.1) is 11.8 Å². The fourth-order valence-electron chi connectivity index (χ4n) is 2.63. The zero-order valence-corrected chi connectivity index (χ0v) is 15.7. The van der Waals surface area contributed by atoms with Crippen LogP contribution in [-0.2, 0) is 9.53 Å². The van der Waals surface area contributed by atoms with Crippen LogP contribution >= 0.6 is 11.8 Å². The molecular weight excluding hydrogens is 342 g/mol. The van der Waals surface area contributed by atoms with Crippen LogP contribution in [0.2, 0.25) is 0 Å². The number of morpholine rings is 1. The van der Waals surface area contributed by atoms with Crippen molar-refractivity contribution in [1.29, 1.82) is 0 Å². The van der Waals surface area contributed by atoms with Gasteiger partial charge in [0.1, 0.15) is 0 Å². The van der Waals surface area contributed by atoms with Crippen molar-refractivity contribution in [1.82, 2.24) is 10.2 Å². The molecule has 0 saturated carbocycles. The molecule has 1 heterocycles. The highest BCUT2D eigenvalue weighted by Gasteiger charge is 2.29. The third kappa shape index (κ3) is 5.69. The van der Waals surface area contributed by atoms with E-state index in [4.69, 9.17) is 4.74 Å². The molecule has 1 unspecified atom stereocenters. The van der Waals surface area contributed by atoms with Crippen molar-refractivity contribution >= 4 is 23.4 Å².